The van der Waals surface area contributed by atoms with E-state index in [0.29, 0.717) is 5.78 Å². The number of carbonyl (C=O) groups is 1. The van der Waals surface area contributed by atoms with Crippen LogP contribution in [0.2, 0.25) is 0 Å². The lowest BCUT2D eigenvalue weighted by molar-refractivity contribution is -0.124. The second-order valence-corrected chi connectivity index (χ2v) is 4.24. The highest BCUT2D eigenvalue weighted by atomic mass is 19.1. The van der Waals surface area contributed by atoms with Crippen LogP contribution in [-0.4, -0.2) is 5.78 Å². The van der Waals surface area contributed by atoms with Crippen LogP contribution < -0.4 is 0 Å². The van der Waals surface area contributed by atoms with Gasteiger partial charge in [0.05, 0.1) is 0 Å². The summed E-state index contributed by atoms with van der Waals surface area (Å²) in [5, 5.41) is 0. The maximum Gasteiger partial charge on any atom is 0.136 e. The fourth-order valence-corrected chi connectivity index (χ4v) is 2.18. The Morgan fingerprint density at radius 1 is 1.20 bits per heavy atom. The molecule has 2 rings (SSSR count). The van der Waals surface area contributed by atoms with E-state index in [4.69, 9.17) is 0 Å². The molecule has 2 heteroatoms. The van der Waals surface area contributed by atoms with Crippen molar-refractivity contribution in [1.82, 2.24) is 0 Å². The van der Waals surface area contributed by atoms with Gasteiger partial charge in [0.25, 0.3) is 0 Å². The number of benzene rings is 1. The van der Waals surface area contributed by atoms with Crippen LogP contribution in [0.4, 0.5) is 4.39 Å². The van der Waals surface area contributed by atoms with Crippen molar-refractivity contribution in [2.45, 2.75) is 32.1 Å². The maximum atomic E-state index is 12.7. The predicted molar refractivity (Wildman–Crippen MR) is 57.1 cm³/mol. The van der Waals surface area contributed by atoms with Crippen LogP contribution in [0.5, 0.6) is 0 Å². The van der Waals surface area contributed by atoms with Gasteiger partial charge in [-0.05, 0) is 37.0 Å². The van der Waals surface area contributed by atoms with E-state index in [1.807, 2.05) is 0 Å². The molecular weight excluding hydrogens is 191 g/mol. The highest BCUT2D eigenvalue weighted by Gasteiger charge is 2.21. The van der Waals surface area contributed by atoms with Gasteiger partial charge in [-0.3, -0.25) is 4.79 Å². The minimum absolute atomic E-state index is 0.171. The second kappa shape index (κ2) is 4.56. The van der Waals surface area contributed by atoms with Gasteiger partial charge in [-0.25, -0.2) is 4.39 Å². The van der Waals surface area contributed by atoms with Gasteiger partial charge >= 0.3 is 0 Å². The highest BCUT2D eigenvalue weighted by Crippen LogP contribution is 2.24. The number of Topliss-reactive ketones (excluding diaryl/α,β-unsaturated/α-hetero) is 1. The first-order chi connectivity index (χ1) is 7.25. The quantitative estimate of drug-likeness (QED) is 0.726. The van der Waals surface area contributed by atoms with Crippen molar-refractivity contribution in [2.24, 2.45) is 5.92 Å². The van der Waals surface area contributed by atoms with Crippen LogP contribution in [0, 0.1) is 11.7 Å². The molecule has 0 bridgehead atoms. The van der Waals surface area contributed by atoms with E-state index in [1.54, 1.807) is 12.1 Å². The first-order valence-electron chi connectivity index (χ1n) is 5.53. The molecule has 0 aliphatic heterocycles. The first-order valence-corrected chi connectivity index (χ1v) is 5.53. The van der Waals surface area contributed by atoms with Crippen LogP contribution in [0.1, 0.15) is 31.2 Å². The Kier molecular flexibility index (Phi) is 3.14. The standard InChI is InChI=1S/C13H15FO/c14-12-7-5-10(6-8-12)9-11-3-1-2-4-13(11)15/h5-8,11H,1-4,9H2. The SMILES string of the molecule is O=C1CCCCC1Cc1ccc(F)cc1. The van der Waals surface area contributed by atoms with Crippen molar-refractivity contribution in [3.8, 4) is 0 Å². The summed E-state index contributed by atoms with van der Waals surface area (Å²) in [4.78, 5) is 11.6. The Morgan fingerprint density at radius 3 is 2.60 bits per heavy atom. The monoisotopic (exact) mass is 206 g/mol. The van der Waals surface area contributed by atoms with Crippen molar-refractivity contribution < 1.29 is 9.18 Å². The van der Waals surface area contributed by atoms with Gasteiger partial charge in [0.2, 0.25) is 0 Å². The summed E-state index contributed by atoms with van der Waals surface area (Å²) in [5.41, 5.74) is 1.07. The smallest absolute Gasteiger partial charge is 0.136 e. The summed E-state index contributed by atoms with van der Waals surface area (Å²) in [6.45, 7) is 0. The molecule has 1 unspecified atom stereocenters. The van der Waals surface area contributed by atoms with E-state index in [9.17, 15) is 9.18 Å². The summed E-state index contributed by atoms with van der Waals surface area (Å²) in [6.07, 6.45) is 4.69. The average molecular weight is 206 g/mol. The third kappa shape index (κ3) is 2.65. The normalized spacial score (nSPS) is 21.7. The van der Waals surface area contributed by atoms with Gasteiger partial charge in [0.1, 0.15) is 11.6 Å². The lowest BCUT2D eigenvalue weighted by Crippen LogP contribution is -2.20. The average Bonchev–Trinajstić information content (AvgIpc) is 2.25. The molecule has 0 aromatic heterocycles. The number of rotatable bonds is 2. The third-order valence-corrected chi connectivity index (χ3v) is 3.08. The van der Waals surface area contributed by atoms with E-state index in [2.05, 4.69) is 0 Å². The number of hydrogen-bond acceptors (Lipinski definition) is 1. The topological polar surface area (TPSA) is 17.1 Å². The van der Waals surface area contributed by atoms with Crippen LogP contribution in [0.15, 0.2) is 24.3 Å². The molecule has 1 aliphatic rings. The molecule has 15 heavy (non-hydrogen) atoms. The molecule has 1 fully saturated rings. The molecule has 1 aromatic rings. The molecule has 0 spiro atoms. The van der Waals surface area contributed by atoms with Gasteiger partial charge in [-0.2, -0.15) is 0 Å². The Labute approximate surface area is 89.3 Å². The fraction of sp³-hybridized carbons (Fsp3) is 0.462. The molecule has 1 atom stereocenters. The number of ketones is 1. The molecule has 0 radical (unpaired) electrons. The van der Waals surface area contributed by atoms with Crippen molar-refractivity contribution in [1.29, 1.82) is 0 Å². The zero-order valence-corrected chi connectivity index (χ0v) is 8.71. The highest BCUT2D eigenvalue weighted by molar-refractivity contribution is 5.81. The zero-order chi connectivity index (χ0) is 10.7. The first kappa shape index (κ1) is 10.3. The minimum Gasteiger partial charge on any atom is -0.299 e. The van der Waals surface area contributed by atoms with Crippen LogP contribution >= 0.6 is 0 Å². The lowest BCUT2D eigenvalue weighted by atomic mass is 9.84. The van der Waals surface area contributed by atoms with Crippen LogP contribution in [0.3, 0.4) is 0 Å². The van der Waals surface area contributed by atoms with Crippen LogP contribution in [0.25, 0.3) is 0 Å². The number of halogens is 1. The van der Waals surface area contributed by atoms with Gasteiger partial charge < -0.3 is 0 Å². The van der Waals surface area contributed by atoms with Crippen molar-refractivity contribution in [3.05, 3.63) is 35.6 Å². The largest absolute Gasteiger partial charge is 0.299 e. The molecule has 1 aliphatic carbocycles. The molecule has 0 N–H and O–H groups in total. The Morgan fingerprint density at radius 2 is 1.93 bits per heavy atom. The molecule has 0 amide bonds. The van der Waals surface area contributed by atoms with E-state index < -0.39 is 0 Å². The Hall–Kier alpha value is -1.18. The molecule has 80 valence electrons. The summed E-state index contributed by atoms with van der Waals surface area (Å²) in [6, 6.07) is 6.47. The second-order valence-electron chi connectivity index (χ2n) is 4.24. The maximum absolute atomic E-state index is 12.7. The Balaban J connectivity index is 2.01. The van der Waals surface area contributed by atoms with Crippen molar-refractivity contribution in [3.63, 3.8) is 0 Å². The van der Waals surface area contributed by atoms with E-state index in [1.165, 1.54) is 12.1 Å². The number of hydrogen-bond donors (Lipinski definition) is 0. The molecule has 0 heterocycles. The summed E-state index contributed by atoms with van der Waals surface area (Å²) >= 11 is 0. The van der Waals surface area contributed by atoms with Crippen molar-refractivity contribution in [2.75, 3.05) is 0 Å². The number of carbonyl (C=O) groups excluding carboxylic acids is 1. The van der Waals surface area contributed by atoms with Gasteiger partial charge in [0.15, 0.2) is 0 Å². The third-order valence-electron chi connectivity index (χ3n) is 3.08. The van der Waals surface area contributed by atoms with Crippen molar-refractivity contribution >= 4 is 5.78 Å². The summed E-state index contributed by atoms with van der Waals surface area (Å²) in [7, 11) is 0. The minimum atomic E-state index is -0.214. The van der Waals surface area contributed by atoms with Gasteiger partial charge in [-0.15, -0.1) is 0 Å². The van der Waals surface area contributed by atoms with Gasteiger partial charge in [0, 0.05) is 12.3 Å². The molecule has 1 nitrogen and oxygen atoms in total. The summed E-state index contributed by atoms with van der Waals surface area (Å²) < 4.78 is 12.7. The molecule has 1 saturated carbocycles. The van der Waals surface area contributed by atoms with E-state index in [0.717, 1.165) is 37.7 Å². The zero-order valence-electron chi connectivity index (χ0n) is 8.71. The van der Waals surface area contributed by atoms with Crippen LogP contribution in [-0.2, 0) is 11.2 Å². The predicted octanol–water partition coefficient (Wildman–Crippen LogP) is 3.13. The molecular formula is C13H15FO. The Bertz CT molecular complexity index is 342. The lowest BCUT2D eigenvalue weighted by Gasteiger charge is -2.20. The molecule has 1 aromatic carbocycles. The summed E-state index contributed by atoms with van der Waals surface area (Å²) in [5.74, 6) is 0.337. The molecule has 0 saturated heterocycles. The van der Waals surface area contributed by atoms with E-state index >= 15 is 0 Å². The fourth-order valence-electron chi connectivity index (χ4n) is 2.18. The van der Waals surface area contributed by atoms with E-state index in [-0.39, 0.29) is 11.7 Å². The van der Waals surface area contributed by atoms with Gasteiger partial charge in [-0.1, -0.05) is 18.6 Å².